The normalized spacial score (nSPS) is 17.3. The predicted octanol–water partition coefficient (Wildman–Crippen LogP) is 0.102. The van der Waals surface area contributed by atoms with Crippen LogP contribution in [0.15, 0.2) is 35.5 Å². The fourth-order valence-corrected chi connectivity index (χ4v) is 3.64. The van der Waals surface area contributed by atoms with Gasteiger partial charge in [-0.25, -0.2) is 9.97 Å². The zero-order chi connectivity index (χ0) is 18.6. The molecule has 0 bridgehead atoms. The molecule has 8 nitrogen and oxygen atoms in total. The number of morpholine rings is 1. The molecule has 0 atom stereocenters. The lowest BCUT2D eigenvalue weighted by Gasteiger charge is -2.29. The molecule has 2 aliphatic rings. The van der Waals surface area contributed by atoms with Crippen LogP contribution in [0.2, 0.25) is 0 Å². The topological polar surface area (TPSA) is 80.6 Å². The first-order chi connectivity index (χ1) is 13.2. The van der Waals surface area contributed by atoms with Gasteiger partial charge in [-0.3, -0.25) is 9.59 Å². The van der Waals surface area contributed by atoms with Crippen LogP contribution in [0.4, 0.5) is 5.82 Å². The Bertz CT molecular complexity index is 876. The van der Waals surface area contributed by atoms with Crippen molar-refractivity contribution in [3.8, 4) is 0 Å². The summed E-state index contributed by atoms with van der Waals surface area (Å²) in [6.45, 7) is 4.33. The van der Waals surface area contributed by atoms with E-state index >= 15 is 0 Å². The number of hydrogen-bond donors (Lipinski definition) is 0. The number of hydrogen-bond acceptors (Lipinski definition) is 6. The Hall–Kier alpha value is -2.74. The minimum atomic E-state index is -0.163. The van der Waals surface area contributed by atoms with Gasteiger partial charge in [0.1, 0.15) is 18.7 Å². The maximum atomic E-state index is 12.7. The molecule has 0 N–H and O–H groups in total. The number of nitrogens with zero attached hydrogens (tertiary/aromatic N) is 5. The molecule has 2 aromatic heterocycles. The van der Waals surface area contributed by atoms with Crippen LogP contribution in [-0.4, -0.2) is 64.7 Å². The van der Waals surface area contributed by atoms with Crippen LogP contribution in [0, 0.1) is 0 Å². The van der Waals surface area contributed by atoms with Crippen molar-refractivity contribution in [3.05, 3.63) is 52.3 Å². The van der Waals surface area contributed by atoms with Crippen LogP contribution in [0.25, 0.3) is 0 Å². The summed E-state index contributed by atoms with van der Waals surface area (Å²) in [6, 6.07) is 4.91. The van der Waals surface area contributed by atoms with Gasteiger partial charge in [-0.05, 0) is 12.5 Å². The van der Waals surface area contributed by atoms with E-state index in [1.165, 1.54) is 10.6 Å². The second kappa shape index (κ2) is 7.87. The molecule has 2 aliphatic heterocycles. The molecular formula is C19H23N5O3. The number of carbonyl (C=O) groups excluding carboxylic acids is 1. The molecule has 142 valence electrons. The monoisotopic (exact) mass is 369 g/mol. The van der Waals surface area contributed by atoms with Gasteiger partial charge in [-0.2, -0.15) is 0 Å². The maximum Gasteiger partial charge on any atom is 0.250 e. The lowest BCUT2D eigenvalue weighted by Crippen LogP contribution is -2.38. The molecule has 1 fully saturated rings. The van der Waals surface area contributed by atoms with E-state index in [0.717, 1.165) is 36.6 Å². The predicted molar refractivity (Wildman–Crippen MR) is 99.8 cm³/mol. The summed E-state index contributed by atoms with van der Waals surface area (Å²) in [6.07, 6.45) is 4.68. The van der Waals surface area contributed by atoms with E-state index < -0.39 is 0 Å². The van der Waals surface area contributed by atoms with Crippen LogP contribution >= 0.6 is 0 Å². The minimum absolute atomic E-state index is 0.0445. The van der Waals surface area contributed by atoms with E-state index in [0.29, 0.717) is 32.7 Å². The van der Waals surface area contributed by atoms with Crippen LogP contribution in [0.3, 0.4) is 0 Å². The number of aromatic nitrogens is 3. The fourth-order valence-electron chi connectivity index (χ4n) is 3.64. The number of fused-ring (bicyclic) bond motifs is 1. The zero-order valence-electron chi connectivity index (χ0n) is 15.2. The van der Waals surface area contributed by atoms with Gasteiger partial charge in [0.25, 0.3) is 5.56 Å². The van der Waals surface area contributed by atoms with E-state index in [1.807, 2.05) is 4.90 Å². The van der Waals surface area contributed by atoms with Crippen molar-refractivity contribution in [1.82, 2.24) is 19.4 Å². The van der Waals surface area contributed by atoms with Crippen LogP contribution in [0.1, 0.15) is 11.3 Å². The van der Waals surface area contributed by atoms with Crippen LogP contribution in [0.5, 0.6) is 0 Å². The molecule has 4 heterocycles. The second-order valence-electron chi connectivity index (χ2n) is 6.77. The summed E-state index contributed by atoms with van der Waals surface area (Å²) < 4.78 is 6.88. The lowest BCUT2D eigenvalue weighted by atomic mass is 10.1. The van der Waals surface area contributed by atoms with Crippen LogP contribution in [-0.2, 0) is 28.9 Å². The van der Waals surface area contributed by atoms with E-state index in [2.05, 4.69) is 14.9 Å². The van der Waals surface area contributed by atoms with E-state index in [-0.39, 0.29) is 18.0 Å². The first-order valence-corrected chi connectivity index (χ1v) is 9.31. The molecule has 0 spiro atoms. The van der Waals surface area contributed by atoms with Gasteiger partial charge in [0, 0.05) is 50.4 Å². The molecule has 0 saturated carbocycles. The summed E-state index contributed by atoms with van der Waals surface area (Å²) in [5, 5.41) is 0. The highest BCUT2D eigenvalue weighted by Gasteiger charge is 2.24. The smallest absolute Gasteiger partial charge is 0.250 e. The minimum Gasteiger partial charge on any atom is -0.378 e. The molecule has 0 unspecified atom stereocenters. The van der Waals surface area contributed by atoms with E-state index in [1.54, 1.807) is 24.7 Å². The molecule has 1 amide bonds. The van der Waals surface area contributed by atoms with Gasteiger partial charge in [-0.1, -0.05) is 6.07 Å². The number of rotatable bonds is 3. The lowest BCUT2D eigenvalue weighted by molar-refractivity contribution is -0.131. The Morgan fingerprint density at radius 2 is 1.89 bits per heavy atom. The first kappa shape index (κ1) is 17.7. The van der Waals surface area contributed by atoms with Crippen molar-refractivity contribution in [2.24, 2.45) is 0 Å². The molecule has 0 aromatic carbocycles. The van der Waals surface area contributed by atoms with Gasteiger partial charge in [-0.15, -0.1) is 0 Å². The van der Waals surface area contributed by atoms with Crippen LogP contribution < -0.4 is 10.5 Å². The van der Waals surface area contributed by atoms with Crippen molar-refractivity contribution in [2.75, 3.05) is 44.3 Å². The summed E-state index contributed by atoms with van der Waals surface area (Å²) in [5.41, 5.74) is 1.98. The Morgan fingerprint density at radius 3 is 2.70 bits per heavy atom. The van der Waals surface area contributed by atoms with Gasteiger partial charge in [0.2, 0.25) is 5.91 Å². The highest BCUT2D eigenvalue weighted by Crippen LogP contribution is 2.24. The fraction of sp³-hybridized carbons (Fsp3) is 0.474. The Morgan fingerprint density at radius 1 is 1.07 bits per heavy atom. The standard InChI is InChI=1S/C19H23N5O3/c25-17-3-1-2-6-24(17)13-18(26)22-7-4-15-16(5-8-22)20-14-21-19(15)23-9-11-27-12-10-23/h1-3,6,14H,4-5,7-13H2. The van der Waals surface area contributed by atoms with Crippen molar-refractivity contribution < 1.29 is 9.53 Å². The summed E-state index contributed by atoms with van der Waals surface area (Å²) >= 11 is 0. The number of ether oxygens (including phenoxy) is 1. The summed E-state index contributed by atoms with van der Waals surface area (Å²) in [4.78, 5) is 37.6. The van der Waals surface area contributed by atoms with Crippen molar-refractivity contribution >= 4 is 11.7 Å². The average Bonchev–Trinajstić information content (AvgIpc) is 2.93. The third-order valence-corrected chi connectivity index (χ3v) is 5.13. The van der Waals surface area contributed by atoms with Gasteiger partial charge in [0.15, 0.2) is 0 Å². The molecular weight excluding hydrogens is 346 g/mol. The number of pyridine rings is 1. The van der Waals surface area contributed by atoms with Crippen molar-refractivity contribution in [1.29, 1.82) is 0 Å². The van der Waals surface area contributed by atoms with Crippen molar-refractivity contribution in [2.45, 2.75) is 19.4 Å². The number of amides is 1. The third-order valence-electron chi connectivity index (χ3n) is 5.13. The molecule has 8 heteroatoms. The molecule has 0 radical (unpaired) electrons. The molecule has 2 aromatic rings. The maximum absolute atomic E-state index is 12.7. The van der Waals surface area contributed by atoms with Gasteiger partial charge < -0.3 is 19.1 Å². The molecule has 27 heavy (non-hydrogen) atoms. The third kappa shape index (κ3) is 3.85. The highest BCUT2D eigenvalue weighted by atomic mass is 16.5. The van der Waals surface area contributed by atoms with Crippen molar-refractivity contribution in [3.63, 3.8) is 0 Å². The number of anilines is 1. The molecule has 1 saturated heterocycles. The summed E-state index contributed by atoms with van der Waals surface area (Å²) in [5.74, 6) is 0.925. The van der Waals surface area contributed by atoms with Gasteiger partial charge in [0.05, 0.1) is 18.9 Å². The first-order valence-electron chi connectivity index (χ1n) is 9.31. The zero-order valence-corrected chi connectivity index (χ0v) is 15.2. The van der Waals surface area contributed by atoms with E-state index in [9.17, 15) is 9.59 Å². The van der Waals surface area contributed by atoms with Gasteiger partial charge >= 0.3 is 0 Å². The summed E-state index contributed by atoms with van der Waals surface area (Å²) in [7, 11) is 0. The Balaban J connectivity index is 1.49. The molecule has 4 rings (SSSR count). The largest absolute Gasteiger partial charge is 0.378 e. The Labute approximate surface area is 157 Å². The highest BCUT2D eigenvalue weighted by molar-refractivity contribution is 5.76. The Kier molecular flexibility index (Phi) is 5.15. The van der Waals surface area contributed by atoms with E-state index in [4.69, 9.17) is 4.74 Å². The number of carbonyl (C=O) groups is 1. The molecule has 0 aliphatic carbocycles. The quantitative estimate of drug-likeness (QED) is 0.764. The SMILES string of the molecule is O=C(Cn1ccccc1=O)N1CCc2ncnc(N3CCOCC3)c2CC1. The average molecular weight is 369 g/mol. The second-order valence-corrected chi connectivity index (χ2v) is 6.77.